The number of hydrogen-bond donors (Lipinski definition) is 0. The Labute approximate surface area is 117 Å². The van der Waals surface area contributed by atoms with Crippen LogP contribution in [0, 0.1) is 6.92 Å². The molecule has 18 heavy (non-hydrogen) atoms. The molecule has 0 aliphatic carbocycles. The van der Waals surface area contributed by atoms with E-state index in [1.807, 2.05) is 11.8 Å². The molecule has 2 heterocycles. The van der Waals surface area contributed by atoms with Gasteiger partial charge in [0.05, 0.1) is 11.0 Å². The van der Waals surface area contributed by atoms with Crippen molar-refractivity contribution in [3.63, 3.8) is 0 Å². The Morgan fingerprint density at radius 1 is 1.50 bits per heavy atom. The van der Waals surface area contributed by atoms with E-state index in [-0.39, 0.29) is 0 Å². The van der Waals surface area contributed by atoms with Crippen molar-refractivity contribution in [2.24, 2.45) is 0 Å². The van der Waals surface area contributed by atoms with Crippen LogP contribution in [0.3, 0.4) is 0 Å². The van der Waals surface area contributed by atoms with Crippen LogP contribution < -0.4 is 0 Å². The Morgan fingerprint density at radius 2 is 2.39 bits per heavy atom. The van der Waals surface area contributed by atoms with Gasteiger partial charge in [-0.25, -0.2) is 4.98 Å². The van der Waals surface area contributed by atoms with E-state index in [0.717, 1.165) is 17.8 Å². The van der Waals surface area contributed by atoms with Gasteiger partial charge in [0, 0.05) is 24.1 Å². The van der Waals surface area contributed by atoms with Gasteiger partial charge in [0.2, 0.25) is 0 Å². The fraction of sp³-hybridized carbons (Fsp3) is 0.500. The first-order valence-electron chi connectivity index (χ1n) is 6.41. The normalized spacial score (nSPS) is 19.8. The molecule has 2 aromatic rings. The van der Waals surface area contributed by atoms with Gasteiger partial charge in [-0.1, -0.05) is 6.07 Å². The molecule has 1 aromatic carbocycles. The van der Waals surface area contributed by atoms with E-state index >= 15 is 0 Å². The zero-order valence-electron chi connectivity index (χ0n) is 10.5. The average Bonchev–Trinajstić information content (AvgIpc) is 2.95. The Kier molecular flexibility index (Phi) is 3.53. The largest absolute Gasteiger partial charge is 0.324 e. The summed E-state index contributed by atoms with van der Waals surface area (Å²) < 4.78 is 2.43. The number of benzene rings is 1. The number of fused-ring (bicyclic) bond motifs is 1. The van der Waals surface area contributed by atoms with Crippen molar-refractivity contribution in [1.29, 1.82) is 0 Å². The van der Waals surface area contributed by atoms with Crippen molar-refractivity contribution in [2.75, 3.05) is 17.4 Å². The van der Waals surface area contributed by atoms with Crippen LogP contribution in [0.25, 0.3) is 11.0 Å². The summed E-state index contributed by atoms with van der Waals surface area (Å²) in [5.41, 5.74) is 3.66. The molecule has 0 N–H and O–H groups in total. The third-order valence-electron chi connectivity index (χ3n) is 3.51. The number of imidazole rings is 1. The van der Waals surface area contributed by atoms with Crippen LogP contribution in [-0.4, -0.2) is 26.9 Å². The van der Waals surface area contributed by atoms with Crippen molar-refractivity contribution >= 4 is 34.4 Å². The van der Waals surface area contributed by atoms with Crippen LogP contribution >= 0.6 is 23.4 Å². The molecule has 0 amide bonds. The fourth-order valence-corrected chi connectivity index (χ4v) is 4.01. The highest BCUT2D eigenvalue weighted by Gasteiger charge is 2.22. The molecule has 2 nitrogen and oxygen atoms in total. The highest BCUT2D eigenvalue weighted by molar-refractivity contribution is 7.99. The zero-order chi connectivity index (χ0) is 12.5. The number of aryl methyl sites for hydroxylation is 2. The Balaban J connectivity index is 2.14. The summed E-state index contributed by atoms with van der Waals surface area (Å²) in [7, 11) is 0. The summed E-state index contributed by atoms with van der Waals surface area (Å²) >= 11 is 7.95. The maximum atomic E-state index is 5.92. The molecular formula is C14H17ClN2S. The molecule has 0 spiro atoms. The van der Waals surface area contributed by atoms with E-state index in [4.69, 9.17) is 16.6 Å². The van der Waals surface area contributed by atoms with Gasteiger partial charge >= 0.3 is 0 Å². The molecule has 1 aliphatic heterocycles. The van der Waals surface area contributed by atoms with Crippen molar-refractivity contribution in [3.05, 3.63) is 29.6 Å². The first-order valence-corrected chi connectivity index (χ1v) is 8.09. The van der Waals surface area contributed by atoms with E-state index in [2.05, 4.69) is 29.7 Å². The van der Waals surface area contributed by atoms with Gasteiger partial charge in [0.25, 0.3) is 0 Å². The lowest BCUT2D eigenvalue weighted by atomic mass is 10.2. The van der Waals surface area contributed by atoms with Crippen molar-refractivity contribution in [3.8, 4) is 0 Å². The minimum atomic E-state index is 0.598. The second-order valence-electron chi connectivity index (χ2n) is 4.85. The van der Waals surface area contributed by atoms with E-state index in [1.54, 1.807) is 0 Å². The predicted molar refractivity (Wildman–Crippen MR) is 79.9 cm³/mol. The fourth-order valence-electron chi connectivity index (χ4n) is 2.65. The average molecular weight is 281 g/mol. The second kappa shape index (κ2) is 5.14. The van der Waals surface area contributed by atoms with Gasteiger partial charge in [-0.3, -0.25) is 0 Å². The third kappa shape index (κ3) is 2.14. The molecule has 1 aliphatic rings. The molecule has 1 saturated heterocycles. The van der Waals surface area contributed by atoms with Gasteiger partial charge in [-0.15, -0.1) is 11.6 Å². The van der Waals surface area contributed by atoms with Crippen LogP contribution in [0.1, 0.15) is 23.9 Å². The summed E-state index contributed by atoms with van der Waals surface area (Å²) in [6, 6.07) is 7.15. The van der Waals surface area contributed by atoms with Crippen LogP contribution in [0.4, 0.5) is 0 Å². The standard InChI is InChI=1S/C14H17ClN2S/c1-10-2-3-13-12(8-10)16-14(4-6-15)17(13)11-5-7-18-9-11/h2-3,8,11H,4-7,9H2,1H3. The molecule has 1 atom stereocenters. The van der Waals surface area contributed by atoms with Crippen LogP contribution in [0.2, 0.25) is 0 Å². The third-order valence-corrected chi connectivity index (χ3v) is 4.84. The molecule has 0 bridgehead atoms. The number of rotatable bonds is 3. The van der Waals surface area contributed by atoms with Crippen LogP contribution in [-0.2, 0) is 6.42 Å². The molecule has 1 aromatic heterocycles. The molecule has 1 unspecified atom stereocenters. The quantitative estimate of drug-likeness (QED) is 0.796. The van der Waals surface area contributed by atoms with Gasteiger partial charge in [0.1, 0.15) is 5.82 Å². The number of nitrogens with zero attached hydrogens (tertiary/aromatic N) is 2. The minimum Gasteiger partial charge on any atom is -0.324 e. The summed E-state index contributed by atoms with van der Waals surface area (Å²) in [6.07, 6.45) is 2.11. The number of alkyl halides is 1. The summed E-state index contributed by atoms with van der Waals surface area (Å²) in [6.45, 7) is 2.12. The number of hydrogen-bond acceptors (Lipinski definition) is 2. The molecule has 0 saturated carbocycles. The minimum absolute atomic E-state index is 0.598. The van der Waals surface area contributed by atoms with Gasteiger partial charge in [0.15, 0.2) is 0 Å². The van der Waals surface area contributed by atoms with Crippen molar-refractivity contribution in [1.82, 2.24) is 9.55 Å². The topological polar surface area (TPSA) is 17.8 Å². The first kappa shape index (κ1) is 12.4. The van der Waals surface area contributed by atoms with E-state index in [0.29, 0.717) is 11.9 Å². The van der Waals surface area contributed by atoms with E-state index in [9.17, 15) is 0 Å². The molecule has 4 heteroatoms. The molecule has 0 radical (unpaired) electrons. The van der Waals surface area contributed by atoms with Gasteiger partial charge in [-0.05, 0) is 36.8 Å². The van der Waals surface area contributed by atoms with Crippen LogP contribution in [0.15, 0.2) is 18.2 Å². The maximum absolute atomic E-state index is 5.92. The molecule has 96 valence electrons. The van der Waals surface area contributed by atoms with E-state index in [1.165, 1.54) is 29.0 Å². The van der Waals surface area contributed by atoms with Gasteiger partial charge < -0.3 is 4.57 Å². The SMILES string of the molecule is Cc1ccc2c(c1)nc(CCCl)n2C1CCSC1. The molecular weight excluding hydrogens is 264 g/mol. The van der Waals surface area contributed by atoms with Crippen LogP contribution in [0.5, 0.6) is 0 Å². The highest BCUT2D eigenvalue weighted by atomic mass is 35.5. The van der Waals surface area contributed by atoms with Gasteiger partial charge in [-0.2, -0.15) is 11.8 Å². The maximum Gasteiger partial charge on any atom is 0.111 e. The van der Waals surface area contributed by atoms with E-state index < -0.39 is 0 Å². The number of aromatic nitrogens is 2. The molecule has 3 rings (SSSR count). The Morgan fingerprint density at radius 3 is 3.11 bits per heavy atom. The predicted octanol–water partition coefficient (Wildman–Crippen LogP) is 3.80. The lowest BCUT2D eigenvalue weighted by Crippen LogP contribution is -2.12. The Hall–Kier alpha value is -0.670. The lowest BCUT2D eigenvalue weighted by Gasteiger charge is -2.15. The number of thioether (sulfide) groups is 1. The molecule has 1 fully saturated rings. The monoisotopic (exact) mass is 280 g/mol. The summed E-state index contributed by atoms with van der Waals surface area (Å²) in [5.74, 6) is 4.26. The van der Waals surface area contributed by atoms with Crippen molar-refractivity contribution in [2.45, 2.75) is 25.8 Å². The second-order valence-corrected chi connectivity index (χ2v) is 6.37. The lowest BCUT2D eigenvalue weighted by molar-refractivity contribution is 0.552. The smallest absolute Gasteiger partial charge is 0.111 e. The zero-order valence-corrected chi connectivity index (χ0v) is 12.1. The van der Waals surface area contributed by atoms with Crippen molar-refractivity contribution < 1.29 is 0 Å². The highest BCUT2D eigenvalue weighted by Crippen LogP contribution is 2.32. The number of halogens is 1. The Bertz CT molecular complexity index is 558. The first-order chi connectivity index (χ1) is 8.79. The summed E-state index contributed by atoms with van der Waals surface area (Å²) in [5, 5.41) is 0. The summed E-state index contributed by atoms with van der Waals surface area (Å²) in [4.78, 5) is 4.78.